The summed E-state index contributed by atoms with van der Waals surface area (Å²) in [6, 6.07) is 11.9. The number of rotatable bonds is 5. The molecule has 1 aromatic heterocycles. The predicted molar refractivity (Wildman–Crippen MR) is 93.8 cm³/mol. The maximum absolute atomic E-state index is 12.7. The molecule has 1 aliphatic heterocycles. The van der Waals surface area contributed by atoms with Crippen molar-refractivity contribution in [3.8, 4) is 0 Å². The van der Waals surface area contributed by atoms with Gasteiger partial charge >= 0.3 is 0 Å². The molecule has 1 atom stereocenters. The Kier molecular flexibility index (Phi) is 4.97. The third-order valence-electron chi connectivity index (χ3n) is 4.28. The van der Waals surface area contributed by atoms with Gasteiger partial charge in [0.25, 0.3) is 5.91 Å². The van der Waals surface area contributed by atoms with E-state index >= 15 is 0 Å². The van der Waals surface area contributed by atoms with Crippen LogP contribution in [0.15, 0.2) is 36.4 Å². The van der Waals surface area contributed by atoms with Gasteiger partial charge in [-0.3, -0.25) is 14.4 Å². The van der Waals surface area contributed by atoms with Crippen molar-refractivity contribution in [2.24, 2.45) is 0 Å². The van der Waals surface area contributed by atoms with E-state index in [1.165, 1.54) is 0 Å². The molecule has 0 radical (unpaired) electrons. The van der Waals surface area contributed by atoms with Crippen molar-refractivity contribution in [1.82, 2.24) is 24.9 Å². The lowest BCUT2D eigenvalue weighted by molar-refractivity contribution is 0.0924. The topological polar surface area (TPSA) is 53.4 Å². The summed E-state index contributed by atoms with van der Waals surface area (Å²) >= 11 is 0. The van der Waals surface area contributed by atoms with Gasteiger partial charge in [0.1, 0.15) is 0 Å². The van der Waals surface area contributed by atoms with Crippen LogP contribution in [0.1, 0.15) is 27.8 Å². The lowest BCUT2D eigenvalue weighted by atomic mass is 10.1. The summed E-state index contributed by atoms with van der Waals surface area (Å²) in [6.45, 7) is 3.37. The molecule has 6 heteroatoms. The Bertz CT molecular complexity index is 695. The number of aromatic nitrogens is 2. The van der Waals surface area contributed by atoms with Crippen molar-refractivity contribution in [3.05, 3.63) is 53.3 Å². The summed E-state index contributed by atoms with van der Waals surface area (Å²) in [5, 5.41) is 7.61. The first-order chi connectivity index (χ1) is 11.5. The van der Waals surface area contributed by atoms with E-state index in [-0.39, 0.29) is 11.9 Å². The summed E-state index contributed by atoms with van der Waals surface area (Å²) < 4.78 is 1.94. The zero-order valence-corrected chi connectivity index (χ0v) is 14.6. The van der Waals surface area contributed by atoms with Crippen molar-refractivity contribution in [1.29, 1.82) is 0 Å². The van der Waals surface area contributed by atoms with Crippen molar-refractivity contribution < 1.29 is 4.79 Å². The number of hydrogen-bond acceptors (Lipinski definition) is 4. The molecule has 24 heavy (non-hydrogen) atoms. The number of amides is 1. The van der Waals surface area contributed by atoms with Gasteiger partial charge in [-0.25, -0.2) is 0 Å². The summed E-state index contributed by atoms with van der Waals surface area (Å²) in [5.74, 6) is -0.116. The second-order valence-corrected chi connectivity index (χ2v) is 6.68. The van der Waals surface area contributed by atoms with Gasteiger partial charge in [-0.15, -0.1) is 0 Å². The van der Waals surface area contributed by atoms with Crippen LogP contribution >= 0.6 is 0 Å². The highest BCUT2D eigenvalue weighted by atomic mass is 16.2. The third kappa shape index (κ3) is 3.83. The molecular weight excluding hydrogens is 302 g/mol. The van der Waals surface area contributed by atoms with Gasteiger partial charge in [0.2, 0.25) is 0 Å². The lowest BCUT2D eigenvalue weighted by Crippen LogP contribution is -2.35. The van der Waals surface area contributed by atoms with Crippen LogP contribution < -0.4 is 5.32 Å². The number of likely N-dealkylation sites (N-methyl/N-ethyl adjacent to an activating group) is 2. The number of nitrogens with one attached hydrogen (secondary N) is 1. The first-order valence-corrected chi connectivity index (χ1v) is 8.29. The zero-order chi connectivity index (χ0) is 17.1. The molecule has 0 bridgehead atoms. The largest absolute Gasteiger partial charge is 0.343 e. The summed E-state index contributed by atoms with van der Waals surface area (Å²) in [7, 11) is 6.10. The lowest BCUT2D eigenvalue weighted by Gasteiger charge is -2.22. The molecule has 128 valence electrons. The average molecular weight is 327 g/mol. The molecule has 0 saturated heterocycles. The van der Waals surface area contributed by atoms with Crippen LogP contribution in [-0.4, -0.2) is 59.7 Å². The smallest absolute Gasteiger partial charge is 0.272 e. The van der Waals surface area contributed by atoms with Crippen LogP contribution in [0.5, 0.6) is 0 Å². The van der Waals surface area contributed by atoms with E-state index in [0.29, 0.717) is 5.69 Å². The van der Waals surface area contributed by atoms with Gasteiger partial charge in [0.05, 0.1) is 18.3 Å². The van der Waals surface area contributed by atoms with Crippen LogP contribution in [0, 0.1) is 0 Å². The quantitative estimate of drug-likeness (QED) is 0.901. The summed E-state index contributed by atoms with van der Waals surface area (Å²) in [5.41, 5.74) is 2.70. The standard InChI is InChI=1S/C18H25N5O/c1-21(2)13-17(14-7-5-4-6-8-14)19-18(24)16-11-15-12-22(3)9-10-23(15)20-16/h4-8,11,17H,9-10,12-13H2,1-3H3,(H,19,24). The Hall–Kier alpha value is -2.18. The van der Waals surface area contributed by atoms with E-state index in [1.54, 1.807) is 0 Å². The van der Waals surface area contributed by atoms with Crippen molar-refractivity contribution >= 4 is 5.91 Å². The van der Waals surface area contributed by atoms with Crippen LogP contribution in [0.25, 0.3) is 0 Å². The number of nitrogens with zero attached hydrogens (tertiary/aromatic N) is 4. The second kappa shape index (κ2) is 7.15. The number of fused-ring (bicyclic) bond motifs is 1. The molecule has 3 rings (SSSR count). The fourth-order valence-electron chi connectivity index (χ4n) is 3.03. The van der Waals surface area contributed by atoms with Crippen LogP contribution in [0.4, 0.5) is 0 Å². The molecule has 6 nitrogen and oxygen atoms in total. The first-order valence-electron chi connectivity index (χ1n) is 8.29. The number of hydrogen-bond donors (Lipinski definition) is 1. The van der Waals surface area contributed by atoms with E-state index in [9.17, 15) is 4.79 Å². The molecule has 0 aliphatic carbocycles. The Morgan fingerprint density at radius 3 is 2.75 bits per heavy atom. The van der Waals surface area contributed by atoms with Gasteiger partial charge in [0.15, 0.2) is 5.69 Å². The van der Waals surface area contributed by atoms with Crippen LogP contribution in [-0.2, 0) is 13.1 Å². The molecule has 0 fully saturated rings. The molecule has 1 aromatic carbocycles. The molecular formula is C18H25N5O. The van der Waals surface area contributed by atoms with Gasteiger partial charge in [0, 0.05) is 19.6 Å². The van der Waals surface area contributed by atoms with Gasteiger partial charge in [-0.2, -0.15) is 5.10 Å². The minimum absolute atomic E-state index is 0.0601. The maximum Gasteiger partial charge on any atom is 0.272 e. The molecule has 1 N–H and O–H groups in total. The number of carbonyl (C=O) groups excluding carboxylic acids is 1. The van der Waals surface area contributed by atoms with Crippen molar-refractivity contribution in [3.63, 3.8) is 0 Å². The number of carbonyl (C=O) groups is 1. The molecule has 0 saturated carbocycles. The monoisotopic (exact) mass is 327 g/mol. The zero-order valence-electron chi connectivity index (χ0n) is 14.6. The van der Waals surface area contributed by atoms with E-state index < -0.39 is 0 Å². The van der Waals surface area contributed by atoms with Gasteiger partial charge < -0.3 is 10.2 Å². The van der Waals surface area contributed by atoms with Crippen molar-refractivity contribution in [2.75, 3.05) is 34.2 Å². The van der Waals surface area contributed by atoms with Crippen LogP contribution in [0.3, 0.4) is 0 Å². The molecule has 0 spiro atoms. The molecule has 2 aromatic rings. The summed E-state index contributed by atoms with van der Waals surface area (Å²) in [4.78, 5) is 17.0. The molecule has 2 heterocycles. The fraction of sp³-hybridized carbons (Fsp3) is 0.444. The first kappa shape index (κ1) is 16.7. The third-order valence-corrected chi connectivity index (χ3v) is 4.28. The van der Waals surface area contributed by atoms with Crippen molar-refractivity contribution in [2.45, 2.75) is 19.1 Å². The normalized spacial score (nSPS) is 16.0. The number of benzene rings is 1. The predicted octanol–water partition coefficient (Wildman–Crippen LogP) is 1.36. The van der Waals surface area contributed by atoms with E-state index in [4.69, 9.17) is 0 Å². The van der Waals surface area contributed by atoms with E-state index in [0.717, 1.165) is 37.4 Å². The second-order valence-electron chi connectivity index (χ2n) is 6.68. The van der Waals surface area contributed by atoms with E-state index in [2.05, 4.69) is 27.3 Å². The Labute approximate surface area is 143 Å². The highest BCUT2D eigenvalue weighted by Gasteiger charge is 2.22. The van der Waals surface area contributed by atoms with Gasteiger partial charge in [-0.1, -0.05) is 30.3 Å². The Morgan fingerprint density at radius 1 is 1.29 bits per heavy atom. The van der Waals surface area contributed by atoms with Gasteiger partial charge in [-0.05, 0) is 32.8 Å². The highest BCUT2D eigenvalue weighted by molar-refractivity contribution is 5.92. The Balaban J connectivity index is 1.76. The maximum atomic E-state index is 12.7. The molecule has 1 amide bonds. The summed E-state index contributed by atoms with van der Waals surface area (Å²) in [6.07, 6.45) is 0. The molecule has 1 aliphatic rings. The average Bonchev–Trinajstić information content (AvgIpc) is 2.98. The fourth-order valence-corrected chi connectivity index (χ4v) is 3.03. The Morgan fingerprint density at radius 2 is 2.04 bits per heavy atom. The highest BCUT2D eigenvalue weighted by Crippen LogP contribution is 2.16. The SMILES string of the molecule is CN(C)CC(NC(=O)c1cc2n(n1)CCN(C)C2)c1ccccc1. The van der Waals surface area contributed by atoms with E-state index in [1.807, 2.05) is 55.2 Å². The van der Waals surface area contributed by atoms with Crippen LogP contribution in [0.2, 0.25) is 0 Å². The molecule has 1 unspecified atom stereocenters. The minimum Gasteiger partial charge on any atom is -0.343 e. The minimum atomic E-state index is -0.116.